The molecule has 0 bridgehead atoms. The first kappa shape index (κ1) is 15.8. The molecule has 4 heteroatoms. The highest BCUT2D eigenvalue weighted by molar-refractivity contribution is 5.85. The van der Waals surface area contributed by atoms with Crippen molar-refractivity contribution in [3.63, 3.8) is 0 Å². The normalized spacial score (nSPS) is 21.6. The van der Waals surface area contributed by atoms with E-state index in [0.29, 0.717) is 11.9 Å². The summed E-state index contributed by atoms with van der Waals surface area (Å²) in [6.07, 6.45) is 9.40. The van der Waals surface area contributed by atoms with Crippen LogP contribution in [0.25, 0.3) is 0 Å². The second kappa shape index (κ2) is 8.00. The highest BCUT2D eigenvalue weighted by Gasteiger charge is 2.23. The first-order valence-electron chi connectivity index (χ1n) is 7.24. The molecule has 2 fully saturated rings. The molecule has 2 aliphatic rings. The first-order valence-corrected chi connectivity index (χ1v) is 7.24. The van der Waals surface area contributed by atoms with Crippen molar-refractivity contribution in [2.75, 3.05) is 20.1 Å². The standard InChI is InChI=1S/C14H26N2O.ClH/c1-16(13-4-2-3-5-13)14(17)7-6-12-8-10-15-11-9-12;/h12-13,15H,2-11H2,1H3;1H. The number of nitrogens with one attached hydrogen (secondary N) is 1. The van der Waals surface area contributed by atoms with Gasteiger partial charge in [-0.05, 0) is 51.1 Å². The van der Waals surface area contributed by atoms with E-state index >= 15 is 0 Å². The summed E-state index contributed by atoms with van der Waals surface area (Å²) >= 11 is 0. The number of hydrogen-bond donors (Lipinski definition) is 1. The topological polar surface area (TPSA) is 32.3 Å². The second-order valence-corrected chi connectivity index (χ2v) is 5.67. The zero-order chi connectivity index (χ0) is 12.1. The zero-order valence-corrected chi connectivity index (χ0v) is 12.3. The van der Waals surface area contributed by atoms with Crippen LogP contribution >= 0.6 is 12.4 Å². The van der Waals surface area contributed by atoms with Crippen molar-refractivity contribution in [2.24, 2.45) is 5.92 Å². The SMILES string of the molecule is CN(C(=O)CCC1CCNCC1)C1CCCC1.Cl. The molecule has 0 spiro atoms. The fraction of sp³-hybridized carbons (Fsp3) is 0.929. The van der Waals surface area contributed by atoms with E-state index in [-0.39, 0.29) is 12.4 Å². The van der Waals surface area contributed by atoms with E-state index in [4.69, 9.17) is 0 Å². The van der Waals surface area contributed by atoms with Gasteiger partial charge in [0.25, 0.3) is 0 Å². The molecule has 0 aromatic heterocycles. The lowest BCUT2D eigenvalue weighted by Crippen LogP contribution is -2.35. The van der Waals surface area contributed by atoms with Crippen LogP contribution in [0.1, 0.15) is 51.4 Å². The molecule has 3 nitrogen and oxygen atoms in total. The van der Waals surface area contributed by atoms with Crippen LogP contribution in [0.15, 0.2) is 0 Å². The third kappa shape index (κ3) is 4.43. The average Bonchev–Trinajstić information content (AvgIpc) is 2.90. The van der Waals surface area contributed by atoms with Gasteiger partial charge in [-0.25, -0.2) is 0 Å². The van der Waals surface area contributed by atoms with E-state index in [1.54, 1.807) is 0 Å². The minimum absolute atomic E-state index is 0. The molecule has 1 saturated carbocycles. The molecule has 0 radical (unpaired) electrons. The highest BCUT2D eigenvalue weighted by atomic mass is 35.5. The Bertz CT molecular complexity index is 248. The Balaban J connectivity index is 0.00000162. The molecule has 0 unspecified atom stereocenters. The Morgan fingerprint density at radius 1 is 1.17 bits per heavy atom. The van der Waals surface area contributed by atoms with E-state index < -0.39 is 0 Å². The zero-order valence-electron chi connectivity index (χ0n) is 11.5. The lowest BCUT2D eigenvalue weighted by Gasteiger charge is -2.26. The summed E-state index contributed by atoms with van der Waals surface area (Å²) in [7, 11) is 2.00. The number of rotatable bonds is 4. The van der Waals surface area contributed by atoms with E-state index in [1.165, 1.54) is 38.5 Å². The maximum atomic E-state index is 12.1. The van der Waals surface area contributed by atoms with E-state index in [0.717, 1.165) is 31.8 Å². The van der Waals surface area contributed by atoms with E-state index in [1.807, 2.05) is 11.9 Å². The van der Waals surface area contributed by atoms with Crippen molar-refractivity contribution in [2.45, 2.75) is 57.4 Å². The van der Waals surface area contributed by atoms with Gasteiger partial charge in [0.2, 0.25) is 5.91 Å². The maximum Gasteiger partial charge on any atom is 0.222 e. The second-order valence-electron chi connectivity index (χ2n) is 5.67. The van der Waals surface area contributed by atoms with Gasteiger partial charge in [0.1, 0.15) is 0 Å². The Hall–Kier alpha value is -0.280. The lowest BCUT2D eigenvalue weighted by molar-refractivity contribution is -0.132. The molecule has 0 aromatic rings. The summed E-state index contributed by atoms with van der Waals surface area (Å²) in [5, 5.41) is 3.37. The van der Waals surface area contributed by atoms with Crippen molar-refractivity contribution in [3.8, 4) is 0 Å². The number of amides is 1. The molecule has 1 aliphatic carbocycles. The molecule has 1 amide bonds. The van der Waals surface area contributed by atoms with Gasteiger partial charge in [0.05, 0.1) is 0 Å². The largest absolute Gasteiger partial charge is 0.343 e. The number of carbonyl (C=O) groups excluding carboxylic acids is 1. The van der Waals surface area contributed by atoms with Crippen LogP contribution in [-0.2, 0) is 4.79 Å². The van der Waals surface area contributed by atoms with Crippen molar-refractivity contribution in [1.82, 2.24) is 10.2 Å². The van der Waals surface area contributed by atoms with Gasteiger partial charge < -0.3 is 10.2 Å². The van der Waals surface area contributed by atoms with Gasteiger partial charge >= 0.3 is 0 Å². The van der Waals surface area contributed by atoms with Gasteiger partial charge in [-0.1, -0.05) is 12.8 Å². The predicted octanol–water partition coefficient (Wildman–Crippen LogP) is 2.59. The molecule has 1 heterocycles. The Morgan fingerprint density at radius 2 is 1.78 bits per heavy atom. The molecule has 0 atom stereocenters. The van der Waals surface area contributed by atoms with Crippen molar-refractivity contribution in [3.05, 3.63) is 0 Å². The van der Waals surface area contributed by atoms with Gasteiger partial charge in [0, 0.05) is 19.5 Å². The van der Waals surface area contributed by atoms with Crippen molar-refractivity contribution < 1.29 is 4.79 Å². The molecule has 0 aromatic carbocycles. The summed E-state index contributed by atoms with van der Waals surface area (Å²) in [5.41, 5.74) is 0. The molecule has 2 rings (SSSR count). The van der Waals surface area contributed by atoms with E-state index in [9.17, 15) is 4.79 Å². The van der Waals surface area contributed by atoms with Crippen LogP contribution in [0.3, 0.4) is 0 Å². The smallest absolute Gasteiger partial charge is 0.222 e. The number of carbonyl (C=O) groups is 1. The first-order chi connectivity index (χ1) is 8.27. The van der Waals surface area contributed by atoms with Crippen LogP contribution in [0.4, 0.5) is 0 Å². The van der Waals surface area contributed by atoms with E-state index in [2.05, 4.69) is 5.32 Å². The molecular formula is C14H27ClN2O. The highest BCUT2D eigenvalue weighted by Crippen LogP contribution is 2.24. The monoisotopic (exact) mass is 274 g/mol. The summed E-state index contributed by atoms with van der Waals surface area (Å²) < 4.78 is 0. The average molecular weight is 275 g/mol. The Morgan fingerprint density at radius 3 is 2.39 bits per heavy atom. The van der Waals surface area contributed by atoms with Crippen LogP contribution in [-0.4, -0.2) is 37.0 Å². The van der Waals surface area contributed by atoms with Crippen LogP contribution in [0.5, 0.6) is 0 Å². The van der Waals surface area contributed by atoms with Crippen molar-refractivity contribution >= 4 is 18.3 Å². The number of nitrogens with zero attached hydrogens (tertiary/aromatic N) is 1. The molecule has 106 valence electrons. The van der Waals surface area contributed by atoms with Gasteiger partial charge in [-0.2, -0.15) is 0 Å². The summed E-state index contributed by atoms with van der Waals surface area (Å²) in [5.74, 6) is 1.15. The van der Waals surface area contributed by atoms with Crippen molar-refractivity contribution in [1.29, 1.82) is 0 Å². The molecule has 1 saturated heterocycles. The Kier molecular flexibility index (Phi) is 7.02. The predicted molar refractivity (Wildman–Crippen MR) is 77.1 cm³/mol. The Labute approximate surface area is 117 Å². The van der Waals surface area contributed by atoms with Crippen LogP contribution in [0, 0.1) is 5.92 Å². The molecule has 1 N–H and O–H groups in total. The number of hydrogen-bond acceptors (Lipinski definition) is 2. The van der Waals surface area contributed by atoms with Gasteiger partial charge in [-0.15, -0.1) is 12.4 Å². The fourth-order valence-corrected chi connectivity index (χ4v) is 3.17. The molecule has 18 heavy (non-hydrogen) atoms. The lowest BCUT2D eigenvalue weighted by atomic mass is 9.93. The molecule has 1 aliphatic heterocycles. The van der Waals surface area contributed by atoms with Gasteiger partial charge in [0.15, 0.2) is 0 Å². The summed E-state index contributed by atoms with van der Waals surface area (Å²) in [4.78, 5) is 14.1. The van der Waals surface area contributed by atoms with Crippen LogP contribution < -0.4 is 5.32 Å². The third-order valence-corrected chi connectivity index (χ3v) is 4.49. The minimum Gasteiger partial charge on any atom is -0.343 e. The van der Waals surface area contributed by atoms with Crippen LogP contribution in [0.2, 0.25) is 0 Å². The minimum atomic E-state index is 0. The quantitative estimate of drug-likeness (QED) is 0.855. The third-order valence-electron chi connectivity index (χ3n) is 4.49. The summed E-state index contributed by atoms with van der Waals surface area (Å²) in [6.45, 7) is 2.27. The molecular weight excluding hydrogens is 248 g/mol. The van der Waals surface area contributed by atoms with Gasteiger partial charge in [-0.3, -0.25) is 4.79 Å². The summed E-state index contributed by atoms with van der Waals surface area (Å²) in [6, 6.07) is 0.538. The fourth-order valence-electron chi connectivity index (χ4n) is 3.17. The number of halogens is 1. The maximum absolute atomic E-state index is 12.1. The number of piperidine rings is 1.